The third-order valence-corrected chi connectivity index (χ3v) is 5.37. The van der Waals surface area contributed by atoms with Gasteiger partial charge in [-0.05, 0) is 49.7 Å². The standard InChI is InChI=1S/C22H23FN2O4/c1-3-28-19-9-14-7-8-24(12-15(14)10-20(19)29-4-2)13-25-18-11-16(23)5-6-17(18)21(26)22(25)27/h5-6,9-11H,3-4,7-8,12-13H2,1-2H3/p+1. The van der Waals surface area contributed by atoms with Gasteiger partial charge in [0.1, 0.15) is 12.4 Å². The molecule has 2 aromatic rings. The van der Waals surface area contributed by atoms with E-state index in [1.54, 1.807) is 0 Å². The molecule has 0 bridgehead atoms. The highest BCUT2D eigenvalue weighted by Gasteiger charge is 2.38. The molecule has 1 N–H and O–H groups in total. The van der Waals surface area contributed by atoms with Gasteiger partial charge in [-0.2, -0.15) is 0 Å². The van der Waals surface area contributed by atoms with Gasteiger partial charge in [-0.3, -0.25) is 14.5 Å². The van der Waals surface area contributed by atoms with Crippen LogP contribution in [0.2, 0.25) is 0 Å². The SMILES string of the molecule is CCOc1cc2c(cc1OCC)C[NH+](CN1C(=O)C(=O)c3ccc(F)cc31)CC2. The van der Waals surface area contributed by atoms with E-state index in [2.05, 4.69) is 0 Å². The number of ketones is 1. The van der Waals surface area contributed by atoms with Crippen LogP contribution in [0.15, 0.2) is 30.3 Å². The van der Waals surface area contributed by atoms with Crippen molar-refractivity contribution in [2.45, 2.75) is 26.8 Å². The Labute approximate surface area is 168 Å². The van der Waals surface area contributed by atoms with E-state index in [-0.39, 0.29) is 5.56 Å². The zero-order valence-electron chi connectivity index (χ0n) is 16.6. The molecule has 1 unspecified atom stereocenters. The third kappa shape index (κ3) is 3.58. The largest absolute Gasteiger partial charge is 0.490 e. The lowest BCUT2D eigenvalue weighted by atomic mass is 9.99. The number of rotatable bonds is 6. The predicted molar refractivity (Wildman–Crippen MR) is 105 cm³/mol. The molecule has 0 saturated carbocycles. The summed E-state index contributed by atoms with van der Waals surface area (Å²) in [5, 5.41) is 0. The monoisotopic (exact) mass is 399 g/mol. The van der Waals surface area contributed by atoms with Crippen molar-refractivity contribution >= 4 is 17.4 Å². The number of ether oxygens (including phenoxy) is 2. The maximum atomic E-state index is 13.7. The van der Waals surface area contributed by atoms with E-state index in [4.69, 9.17) is 9.47 Å². The highest BCUT2D eigenvalue weighted by Crippen LogP contribution is 2.32. The number of nitrogens with one attached hydrogen (secondary N) is 1. The Morgan fingerprint density at radius 1 is 1.03 bits per heavy atom. The lowest BCUT2D eigenvalue weighted by Crippen LogP contribution is -3.13. The molecule has 4 rings (SSSR count). The molecule has 0 spiro atoms. The normalized spacial score (nSPS) is 17.9. The molecule has 0 aliphatic carbocycles. The molecule has 2 aromatic carbocycles. The zero-order chi connectivity index (χ0) is 20.5. The van der Waals surface area contributed by atoms with Crippen LogP contribution in [0, 0.1) is 5.82 Å². The van der Waals surface area contributed by atoms with Crippen molar-refractivity contribution in [3.63, 3.8) is 0 Å². The van der Waals surface area contributed by atoms with Crippen LogP contribution in [-0.2, 0) is 17.8 Å². The summed E-state index contributed by atoms with van der Waals surface area (Å²) in [6.45, 7) is 6.78. The molecule has 7 heteroatoms. The third-order valence-electron chi connectivity index (χ3n) is 5.37. The van der Waals surface area contributed by atoms with E-state index in [9.17, 15) is 14.0 Å². The van der Waals surface area contributed by atoms with Crippen LogP contribution in [0.5, 0.6) is 11.5 Å². The summed E-state index contributed by atoms with van der Waals surface area (Å²) < 4.78 is 25.1. The average Bonchev–Trinajstić information content (AvgIpc) is 2.93. The Balaban J connectivity index is 1.56. The Bertz CT molecular complexity index is 976. The van der Waals surface area contributed by atoms with Crippen molar-refractivity contribution in [1.29, 1.82) is 0 Å². The van der Waals surface area contributed by atoms with E-state index < -0.39 is 17.5 Å². The molecular weight excluding hydrogens is 375 g/mol. The molecule has 0 fully saturated rings. The number of halogens is 1. The van der Waals surface area contributed by atoms with Gasteiger partial charge in [-0.25, -0.2) is 4.39 Å². The first-order chi connectivity index (χ1) is 14.0. The summed E-state index contributed by atoms with van der Waals surface area (Å²) >= 11 is 0. The topological polar surface area (TPSA) is 60.3 Å². The van der Waals surface area contributed by atoms with Crippen molar-refractivity contribution in [3.8, 4) is 11.5 Å². The number of hydrogen-bond acceptors (Lipinski definition) is 4. The Hall–Kier alpha value is -2.93. The maximum absolute atomic E-state index is 13.7. The maximum Gasteiger partial charge on any atom is 0.303 e. The van der Waals surface area contributed by atoms with Crippen LogP contribution < -0.4 is 19.3 Å². The van der Waals surface area contributed by atoms with E-state index in [1.165, 1.54) is 28.7 Å². The molecule has 2 aliphatic heterocycles. The second-order valence-corrected chi connectivity index (χ2v) is 7.24. The van der Waals surface area contributed by atoms with Crippen LogP contribution >= 0.6 is 0 Å². The molecule has 1 amide bonds. The molecule has 2 aliphatic rings. The Morgan fingerprint density at radius 2 is 1.72 bits per heavy atom. The molecule has 0 aromatic heterocycles. The summed E-state index contributed by atoms with van der Waals surface area (Å²) in [4.78, 5) is 27.2. The van der Waals surface area contributed by atoms with Gasteiger partial charge in [-0.15, -0.1) is 0 Å². The number of hydrogen-bond donors (Lipinski definition) is 1. The Morgan fingerprint density at radius 3 is 2.41 bits per heavy atom. The molecular formula is C22H24FN2O4+. The van der Waals surface area contributed by atoms with Crippen molar-refractivity contribution in [2.24, 2.45) is 0 Å². The number of nitrogens with zero attached hydrogens (tertiary/aromatic N) is 1. The second kappa shape index (κ2) is 7.83. The lowest BCUT2D eigenvalue weighted by molar-refractivity contribution is -0.914. The first-order valence-electron chi connectivity index (χ1n) is 9.92. The highest BCUT2D eigenvalue weighted by molar-refractivity contribution is 6.52. The van der Waals surface area contributed by atoms with Crippen LogP contribution in [0.25, 0.3) is 0 Å². The summed E-state index contributed by atoms with van der Waals surface area (Å²) in [5.74, 6) is -0.155. The number of amides is 1. The van der Waals surface area contributed by atoms with Gasteiger partial charge in [0.25, 0.3) is 5.78 Å². The van der Waals surface area contributed by atoms with Crippen LogP contribution in [0.1, 0.15) is 35.3 Å². The molecule has 6 nitrogen and oxygen atoms in total. The lowest BCUT2D eigenvalue weighted by Gasteiger charge is -2.30. The number of Topliss-reactive ketones (excluding diaryl/α,β-unsaturated/α-hetero) is 1. The first-order valence-corrected chi connectivity index (χ1v) is 9.92. The summed E-state index contributed by atoms with van der Waals surface area (Å²) in [7, 11) is 0. The second-order valence-electron chi connectivity index (χ2n) is 7.24. The molecule has 0 saturated heterocycles. The van der Waals surface area contributed by atoms with Crippen molar-refractivity contribution in [3.05, 3.63) is 52.8 Å². The fourth-order valence-electron chi connectivity index (χ4n) is 4.03. The first kappa shape index (κ1) is 19.4. The van der Waals surface area contributed by atoms with Crippen LogP contribution in [-0.4, -0.2) is 38.1 Å². The average molecular weight is 399 g/mol. The molecule has 0 radical (unpaired) electrons. The van der Waals surface area contributed by atoms with Crippen molar-refractivity contribution < 1.29 is 28.4 Å². The number of carbonyl (C=O) groups excluding carboxylic acids is 2. The number of benzene rings is 2. The molecule has 2 heterocycles. The highest BCUT2D eigenvalue weighted by atomic mass is 19.1. The van der Waals surface area contributed by atoms with E-state index in [0.717, 1.165) is 29.2 Å². The van der Waals surface area contributed by atoms with E-state index in [1.807, 2.05) is 26.0 Å². The summed E-state index contributed by atoms with van der Waals surface area (Å²) in [5.41, 5.74) is 2.97. The van der Waals surface area contributed by atoms with Gasteiger partial charge in [-0.1, -0.05) is 0 Å². The quantitative estimate of drug-likeness (QED) is 0.752. The minimum Gasteiger partial charge on any atom is -0.490 e. The number of fused-ring (bicyclic) bond motifs is 2. The van der Waals surface area contributed by atoms with Gasteiger partial charge in [0.05, 0.1) is 31.0 Å². The zero-order valence-corrected chi connectivity index (χ0v) is 16.6. The molecule has 29 heavy (non-hydrogen) atoms. The minimum absolute atomic E-state index is 0.271. The van der Waals surface area contributed by atoms with Crippen LogP contribution in [0.4, 0.5) is 10.1 Å². The summed E-state index contributed by atoms with van der Waals surface area (Å²) in [6, 6.07) is 7.90. The van der Waals surface area contributed by atoms with Gasteiger partial charge < -0.3 is 14.4 Å². The number of carbonyl (C=O) groups is 2. The van der Waals surface area contributed by atoms with Gasteiger partial charge in [0, 0.05) is 12.0 Å². The smallest absolute Gasteiger partial charge is 0.303 e. The van der Waals surface area contributed by atoms with Gasteiger partial charge in [0.15, 0.2) is 18.2 Å². The van der Waals surface area contributed by atoms with Gasteiger partial charge >= 0.3 is 5.91 Å². The fraction of sp³-hybridized carbons (Fsp3) is 0.364. The van der Waals surface area contributed by atoms with E-state index >= 15 is 0 Å². The summed E-state index contributed by atoms with van der Waals surface area (Å²) in [6.07, 6.45) is 0.823. The fourth-order valence-corrected chi connectivity index (χ4v) is 4.03. The molecule has 1 atom stereocenters. The van der Waals surface area contributed by atoms with Crippen molar-refractivity contribution in [2.75, 3.05) is 31.3 Å². The number of anilines is 1. The number of quaternary nitrogens is 1. The minimum atomic E-state index is -0.592. The predicted octanol–water partition coefficient (Wildman–Crippen LogP) is 1.75. The Kier molecular flexibility index (Phi) is 5.24. The molecule has 152 valence electrons. The van der Waals surface area contributed by atoms with Gasteiger partial charge in [0.2, 0.25) is 0 Å². The van der Waals surface area contributed by atoms with Crippen molar-refractivity contribution in [1.82, 2.24) is 0 Å². The van der Waals surface area contributed by atoms with Crippen LogP contribution in [0.3, 0.4) is 0 Å². The van der Waals surface area contributed by atoms with E-state index in [0.29, 0.717) is 37.9 Å².